The maximum atomic E-state index is 12.3. The van der Waals surface area contributed by atoms with Crippen LogP contribution in [-0.2, 0) is 11.2 Å². The van der Waals surface area contributed by atoms with Gasteiger partial charge >= 0.3 is 0 Å². The van der Waals surface area contributed by atoms with Crippen molar-refractivity contribution in [3.05, 3.63) is 88.2 Å². The zero-order valence-corrected chi connectivity index (χ0v) is 20.8. The standard InChI is InChI=1S/C27H25BrN2O2S/c1-2-19-10-15-25(23(28)17-19)32-16-6-9-26(31)30-27-29-24(18-33-27)22-13-11-21(12-14-22)20-7-4-3-5-8-20/h3-5,7-8,10-15,17-18H,2,6,9,16H2,1H3,(H,29,30,31). The van der Waals surface area contributed by atoms with E-state index in [1.54, 1.807) is 0 Å². The Labute approximate surface area is 206 Å². The normalized spacial score (nSPS) is 10.7. The number of anilines is 1. The van der Waals surface area contributed by atoms with Crippen LogP contribution < -0.4 is 10.1 Å². The molecule has 4 aromatic rings. The van der Waals surface area contributed by atoms with Crippen molar-refractivity contribution in [2.45, 2.75) is 26.2 Å². The Balaban J connectivity index is 1.26. The van der Waals surface area contributed by atoms with E-state index in [0.717, 1.165) is 27.9 Å². The van der Waals surface area contributed by atoms with Crippen LogP contribution in [-0.4, -0.2) is 17.5 Å². The lowest BCUT2D eigenvalue weighted by Crippen LogP contribution is -2.12. The Morgan fingerprint density at radius 2 is 1.73 bits per heavy atom. The summed E-state index contributed by atoms with van der Waals surface area (Å²) in [7, 11) is 0. The summed E-state index contributed by atoms with van der Waals surface area (Å²) in [5, 5.41) is 5.48. The van der Waals surface area contributed by atoms with Gasteiger partial charge in [0.05, 0.1) is 16.8 Å². The van der Waals surface area contributed by atoms with Crippen LogP contribution in [0.4, 0.5) is 5.13 Å². The zero-order chi connectivity index (χ0) is 23.0. The first-order chi connectivity index (χ1) is 16.1. The number of aryl methyl sites for hydroxylation is 1. The molecule has 0 aliphatic heterocycles. The molecule has 4 nitrogen and oxygen atoms in total. The Morgan fingerprint density at radius 3 is 2.45 bits per heavy atom. The number of aromatic nitrogens is 1. The number of nitrogens with zero attached hydrogens (tertiary/aromatic N) is 1. The summed E-state index contributed by atoms with van der Waals surface area (Å²) < 4.78 is 6.74. The van der Waals surface area contributed by atoms with E-state index in [0.29, 0.717) is 24.6 Å². The highest BCUT2D eigenvalue weighted by Gasteiger charge is 2.09. The average Bonchev–Trinajstić information content (AvgIpc) is 3.31. The molecule has 0 unspecified atom stereocenters. The largest absolute Gasteiger partial charge is 0.492 e. The Kier molecular flexibility index (Phi) is 7.92. The number of ether oxygens (including phenoxy) is 1. The fourth-order valence-corrected chi connectivity index (χ4v) is 4.68. The van der Waals surface area contributed by atoms with Gasteiger partial charge in [-0.05, 0) is 57.6 Å². The molecule has 0 aliphatic carbocycles. The highest BCUT2D eigenvalue weighted by Crippen LogP contribution is 2.28. The van der Waals surface area contributed by atoms with Crippen LogP contribution in [0.1, 0.15) is 25.3 Å². The summed E-state index contributed by atoms with van der Waals surface area (Å²) >= 11 is 4.97. The predicted molar refractivity (Wildman–Crippen MR) is 140 cm³/mol. The molecule has 1 amide bonds. The monoisotopic (exact) mass is 520 g/mol. The molecule has 0 aliphatic rings. The molecule has 33 heavy (non-hydrogen) atoms. The molecule has 1 aromatic heterocycles. The van der Waals surface area contributed by atoms with Gasteiger partial charge in [0.15, 0.2) is 5.13 Å². The molecule has 0 bridgehead atoms. The average molecular weight is 521 g/mol. The van der Waals surface area contributed by atoms with Gasteiger partial charge in [0.25, 0.3) is 0 Å². The third-order valence-corrected chi connectivity index (χ3v) is 6.63. The molecule has 0 spiro atoms. The van der Waals surface area contributed by atoms with Crippen molar-refractivity contribution in [3.63, 3.8) is 0 Å². The lowest BCUT2D eigenvalue weighted by atomic mass is 10.0. The summed E-state index contributed by atoms with van der Waals surface area (Å²) in [6.07, 6.45) is 1.99. The summed E-state index contributed by atoms with van der Waals surface area (Å²) in [5.41, 5.74) is 5.49. The number of carbonyl (C=O) groups excluding carboxylic acids is 1. The molecule has 0 atom stereocenters. The summed E-state index contributed by atoms with van der Waals surface area (Å²) in [4.78, 5) is 16.9. The topological polar surface area (TPSA) is 51.2 Å². The SMILES string of the molecule is CCc1ccc(OCCCC(=O)Nc2nc(-c3ccc(-c4ccccc4)cc3)cs2)c(Br)c1. The van der Waals surface area contributed by atoms with Crippen LogP contribution in [0.2, 0.25) is 0 Å². The fourth-order valence-electron chi connectivity index (χ4n) is 3.41. The molecule has 0 saturated carbocycles. The number of rotatable bonds is 9. The molecule has 1 heterocycles. The van der Waals surface area contributed by atoms with Crippen LogP contribution in [0.25, 0.3) is 22.4 Å². The smallest absolute Gasteiger partial charge is 0.226 e. The van der Waals surface area contributed by atoms with Crippen LogP contribution in [0.5, 0.6) is 5.75 Å². The first-order valence-electron chi connectivity index (χ1n) is 10.9. The molecule has 0 saturated heterocycles. The van der Waals surface area contributed by atoms with Gasteiger partial charge in [-0.15, -0.1) is 11.3 Å². The van der Waals surface area contributed by atoms with E-state index in [4.69, 9.17) is 4.74 Å². The maximum Gasteiger partial charge on any atom is 0.226 e. The number of halogens is 1. The quantitative estimate of drug-likeness (QED) is 0.231. The van der Waals surface area contributed by atoms with Gasteiger partial charge in [-0.1, -0.05) is 67.6 Å². The third kappa shape index (κ3) is 6.30. The fraction of sp³-hybridized carbons (Fsp3) is 0.185. The molecule has 0 fully saturated rings. The molecule has 1 N–H and O–H groups in total. The number of amides is 1. The third-order valence-electron chi connectivity index (χ3n) is 5.25. The molecule has 6 heteroatoms. The Morgan fingerprint density at radius 1 is 1.00 bits per heavy atom. The van der Waals surface area contributed by atoms with E-state index >= 15 is 0 Å². The Bertz CT molecular complexity index is 1210. The molecule has 168 valence electrons. The minimum atomic E-state index is -0.0562. The molecular formula is C27H25BrN2O2S. The number of hydrogen-bond acceptors (Lipinski definition) is 4. The number of hydrogen-bond donors (Lipinski definition) is 1. The minimum absolute atomic E-state index is 0.0562. The highest BCUT2D eigenvalue weighted by molar-refractivity contribution is 9.10. The summed E-state index contributed by atoms with van der Waals surface area (Å²) in [5.74, 6) is 0.745. The van der Waals surface area contributed by atoms with Crippen molar-refractivity contribution in [2.75, 3.05) is 11.9 Å². The van der Waals surface area contributed by atoms with E-state index in [-0.39, 0.29) is 5.91 Å². The highest BCUT2D eigenvalue weighted by atomic mass is 79.9. The van der Waals surface area contributed by atoms with Crippen molar-refractivity contribution < 1.29 is 9.53 Å². The van der Waals surface area contributed by atoms with Gasteiger partial charge in [-0.2, -0.15) is 0 Å². The van der Waals surface area contributed by atoms with E-state index < -0.39 is 0 Å². The lowest BCUT2D eigenvalue weighted by Gasteiger charge is -2.09. The van der Waals surface area contributed by atoms with Crippen LogP contribution >= 0.6 is 27.3 Å². The van der Waals surface area contributed by atoms with Crippen molar-refractivity contribution >= 4 is 38.3 Å². The van der Waals surface area contributed by atoms with Crippen molar-refractivity contribution in [1.29, 1.82) is 0 Å². The molecule has 3 aromatic carbocycles. The second-order valence-electron chi connectivity index (χ2n) is 7.60. The van der Waals surface area contributed by atoms with Crippen molar-refractivity contribution in [2.24, 2.45) is 0 Å². The first kappa shape index (κ1) is 23.2. The van der Waals surface area contributed by atoms with Gasteiger partial charge in [0.2, 0.25) is 5.91 Å². The second-order valence-corrected chi connectivity index (χ2v) is 9.31. The van der Waals surface area contributed by atoms with Gasteiger partial charge < -0.3 is 10.1 Å². The summed E-state index contributed by atoms with van der Waals surface area (Å²) in [6, 6.07) is 24.7. The van der Waals surface area contributed by atoms with E-state index in [1.165, 1.54) is 28.0 Å². The van der Waals surface area contributed by atoms with Crippen molar-refractivity contribution in [3.8, 4) is 28.1 Å². The minimum Gasteiger partial charge on any atom is -0.492 e. The van der Waals surface area contributed by atoms with E-state index in [2.05, 4.69) is 81.7 Å². The van der Waals surface area contributed by atoms with Gasteiger partial charge in [0.1, 0.15) is 5.75 Å². The van der Waals surface area contributed by atoms with Gasteiger partial charge in [0, 0.05) is 17.4 Å². The molecule has 4 rings (SSSR count). The van der Waals surface area contributed by atoms with E-state index in [1.807, 2.05) is 29.6 Å². The van der Waals surface area contributed by atoms with Gasteiger partial charge in [-0.3, -0.25) is 4.79 Å². The summed E-state index contributed by atoms with van der Waals surface area (Å²) in [6.45, 7) is 2.60. The number of thiazole rings is 1. The number of carbonyl (C=O) groups is 1. The molecule has 0 radical (unpaired) electrons. The predicted octanol–water partition coefficient (Wildman–Crippen LogP) is 7.60. The van der Waals surface area contributed by atoms with Gasteiger partial charge in [-0.25, -0.2) is 4.98 Å². The Hall–Kier alpha value is -2.96. The zero-order valence-electron chi connectivity index (χ0n) is 18.4. The second kappa shape index (κ2) is 11.3. The molecular weight excluding hydrogens is 496 g/mol. The maximum absolute atomic E-state index is 12.3. The number of nitrogens with one attached hydrogen (secondary N) is 1. The van der Waals surface area contributed by atoms with Crippen LogP contribution in [0, 0.1) is 0 Å². The van der Waals surface area contributed by atoms with Crippen molar-refractivity contribution in [1.82, 2.24) is 4.98 Å². The lowest BCUT2D eigenvalue weighted by molar-refractivity contribution is -0.116. The first-order valence-corrected chi connectivity index (χ1v) is 12.6. The van der Waals surface area contributed by atoms with Crippen LogP contribution in [0.15, 0.2) is 82.6 Å². The van der Waals surface area contributed by atoms with Crippen LogP contribution in [0.3, 0.4) is 0 Å². The number of benzene rings is 3. The van der Waals surface area contributed by atoms with E-state index in [9.17, 15) is 4.79 Å².